The molecule has 4 rings (SSSR count). The first-order valence-electron chi connectivity index (χ1n) is 13.2. The van der Waals surface area contributed by atoms with Gasteiger partial charge in [-0.05, 0) is 68.5 Å². The molecule has 1 aliphatic rings. The molecule has 0 bridgehead atoms. The first kappa shape index (κ1) is 29.5. The maximum atomic E-state index is 13.6. The van der Waals surface area contributed by atoms with Crippen LogP contribution in [0.1, 0.15) is 64.5 Å². The van der Waals surface area contributed by atoms with Crippen molar-refractivity contribution < 1.29 is 22.7 Å². The highest BCUT2D eigenvalue weighted by atomic mass is 35.5. The lowest BCUT2D eigenvalue weighted by Crippen LogP contribution is -2.57. The van der Waals surface area contributed by atoms with Gasteiger partial charge in [-0.2, -0.15) is 18.4 Å². The van der Waals surface area contributed by atoms with Crippen molar-refractivity contribution in [3.63, 3.8) is 0 Å². The zero-order valence-electron chi connectivity index (χ0n) is 22.7. The van der Waals surface area contributed by atoms with E-state index in [0.717, 1.165) is 12.1 Å². The second-order valence-electron chi connectivity index (χ2n) is 10.1. The monoisotopic (exact) mass is 580 g/mol. The van der Waals surface area contributed by atoms with Gasteiger partial charge in [0.05, 0.1) is 17.2 Å². The molecule has 1 amide bonds. The maximum Gasteiger partial charge on any atom is 0.416 e. The van der Waals surface area contributed by atoms with Gasteiger partial charge in [0.2, 0.25) is 11.8 Å². The predicted octanol–water partition coefficient (Wildman–Crippen LogP) is 5.90. The van der Waals surface area contributed by atoms with Gasteiger partial charge in [-0.25, -0.2) is 14.8 Å². The number of benzene rings is 1. The van der Waals surface area contributed by atoms with Crippen LogP contribution in [-0.2, 0) is 17.5 Å². The molecule has 2 aromatic heterocycles. The minimum absolute atomic E-state index is 0.0118. The molecular weight excluding hydrogens is 549 g/mol. The second kappa shape index (κ2) is 12.4. The predicted molar refractivity (Wildman–Crippen MR) is 142 cm³/mol. The fraction of sp³-hybridized carbons (Fsp3) is 0.538. The van der Waals surface area contributed by atoms with Crippen molar-refractivity contribution in [2.45, 2.75) is 90.3 Å². The molecule has 0 saturated carbocycles. The van der Waals surface area contributed by atoms with Crippen molar-refractivity contribution in [1.29, 1.82) is 0 Å². The SMILES string of the molecule is CC[C@@H]1C[C@H](N(Cc2cc(Cl)cc(C(F)(F)F)c2)c2ncc(-c3nn[nH]n3)cn2)C[C@H](CC)N1C(=O)OC(C)C. The van der Waals surface area contributed by atoms with Gasteiger partial charge in [0.1, 0.15) is 0 Å². The number of aromatic amines is 1. The Bertz CT molecular complexity index is 1260. The average molecular weight is 581 g/mol. The van der Waals surface area contributed by atoms with Crippen molar-refractivity contribution >= 4 is 23.6 Å². The summed E-state index contributed by atoms with van der Waals surface area (Å²) in [5, 5.41) is 13.8. The quantitative estimate of drug-likeness (QED) is 0.350. The number of carbonyl (C=O) groups is 1. The van der Waals surface area contributed by atoms with Crippen LogP contribution in [0.3, 0.4) is 0 Å². The lowest BCUT2D eigenvalue weighted by Gasteiger charge is -2.47. The van der Waals surface area contributed by atoms with Crippen LogP contribution in [0.2, 0.25) is 5.02 Å². The van der Waals surface area contributed by atoms with Gasteiger partial charge in [-0.15, -0.1) is 10.2 Å². The molecule has 10 nitrogen and oxygen atoms in total. The molecule has 1 N–H and O–H groups in total. The highest BCUT2D eigenvalue weighted by Gasteiger charge is 2.41. The van der Waals surface area contributed by atoms with E-state index >= 15 is 0 Å². The molecule has 216 valence electrons. The number of likely N-dealkylation sites (tertiary alicyclic amines) is 1. The van der Waals surface area contributed by atoms with Gasteiger partial charge in [0.25, 0.3) is 0 Å². The van der Waals surface area contributed by atoms with Crippen molar-refractivity contribution in [2.24, 2.45) is 0 Å². The number of rotatable bonds is 8. The fourth-order valence-electron chi connectivity index (χ4n) is 5.13. The minimum atomic E-state index is -4.55. The number of piperidine rings is 1. The highest BCUT2D eigenvalue weighted by Crippen LogP contribution is 2.36. The van der Waals surface area contributed by atoms with Gasteiger partial charge in [0.15, 0.2) is 0 Å². The van der Waals surface area contributed by atoms with Crippen molar-refractivity contribution in [2.75, 3.05) is 4.90 Å². The number of anilines is 1. The van der Waals surface area contributed by atoms with E-state index in [-0.39, 0.29) is 41.9 Å². The molecule has 3 aromatic rings. The van der Waals surface area contributed by atoms with Crippen LogP contribution in [0.25, 0.3) is 11.4 Å². The Balaban J connectivity index is 1.70. The van der Waals surface area contributed by atoms with Crippen molar-refractivity contribution in [3.05, 3.63) is 46.7 Å². The molecule has 1 aliphatic heterocycles. The summed E-state index contributed by atoms with van der Waals surface area (Å²) in [6.07, 6.45) is 0.410. The third-order valence-corrected chi connectivity index (χ3v) is 7.16. The number of ether oxygens (including phenoxy) is 1. The molecule has 40 heavy (non-hydrogen) atoms. The number of aromatic nitrogens is 6. The van der Waals surface area contributed by atoms with Gasteiger partial charge in [0, 0.05) is 42.1 Å². The molecule has 0 spiro atoms. The van der Waals surface area contributed by atoms with E-state index in [2.05, 4.69) is 30.6 Å². The number of hydrogen-bond donors (Lipinski definition) is 1. The number of hydrogen-bond acceptors (Lipinski definition) is 8. The maximum absolute atomic E-state index is 13.6. The molecule has 1 fully saturated rings. The summed E-state index contributed by atoms with van der Waals surface area (Å²) in [4.78, 5) is 25.8. The van der Waals surface area contributed by atoms with E-state index in [0.29, 0.717) is 48.6 Å². The first-order chi connectivity index (χ1) is 19.0. The molecular formula is C26H32ClF3N8O2. The number of H-pyrrole nitrogens is 1. The lowest BCUT2D eigenvalue weighted by molar-refractivity contribution is -0.137. The third kappa shape index (κ3) is 6.80. The number of amides is 1. The third-order valence-electron chi connectivity index (χ3n) is 6.94. The van der Waals surface area contributed by atoms with Crippen LogP contribution in [-0.4, -0.2) is 65.8 Å². The van der Waals surface area contributed by atoms with Crippen LogP contribution in [0, 0.1) is 0 Å². The lowest BCUT2D eigenvalue weighted by atomic mass is 9.87. The fourth-order valence-corrected chi connectivity index (χ4v) is 5.38. The Morgan fingerprint density at radius 1 is 1.15 bits per heavy atom. The molecule has 1 saturated heterocycles. The van der Waals surface area contributed by atoms with E-state index in [9.17, 15) is 18.0 Å². The Labute approximate surface area is 235 Å². The van der Waals surface area contributed by atoms with E-state index in [1.165, 1.54) is 6.07 Å². The largest absolute Gasteiger partial charge is 0.447 e. The van der Waals surface area contributed by atoms with Crippen LogP contribution in [0.4, 0.5) is 23.9 Å². The summed E-state index contributed by atoms with van der Waals surface area (Å²) in [7, 11) is 0. The van der Waals surface area contributed by atoms with Gasteiger partial charge in [-0.3, -0.25) is 0 Å². The molecule has 0 aliphatic carbocycles. The van der Waals surface area contributed by atoms with Crippen molar-refractivity contribution in [3.8, 4) is 11.4 Å². The Morgan fingerprint density at radius 2 is 1.80 bits per heavy atom. The van der Waals surface area contributed by atoms with E-state index in [1.807, 2.05) is 37.5 Å². The second-order valence-corrected chi connectivity index (χ2v) is 10.5. The van der Waals surface area contributed by atoms with Crippen LogP contribution >= 0.6 is 11.6 Å². The summed E-state index contributed by atoms with van der Waals surface area (Å²) in [5.41, 5.74) is 0.0736. The van der Waals surface area contributed by atoms with E-state index < -0.39 is 11.7 Å². The zero-order valence-corrected chi connectivity index (χ0v) is 23.4. The summed E-state index contributed by atoms with van der Waals surface area (Å²) in [6.45, 7) is 7.71. The summed E-state index contributed by atoms with van der Waals surface area (Å²) in [6, 6.07) is 3.06. The van der Waals surface area contributed by atoms with E-state index in [4.69, 9.17) is 16.3 Å². The Morgan fingerprint density at radius 3 is 2.33 bits per heavy atom. The number of tetrazole rings is 1. The zero-order chi connectivity index (χ0) is 29.0. The van der Waals surface area contributed by atoms with Crippen LogP contribution < -0.4 is 4.90 Å². The normalized spacial score (nSPS) is 19.6. The molecule has 0 unspecified atom stereocenters. The summed E-state index contributed by atoms with van der Waals surface area (Å²) < 4.78 is 46.3. The van der Waals surface area contributed by atoms with Gasteiger partial charge < -0.3 is 14.5 Å². The highest BCUT2D eigenvalue weighted by molar-refractivity contribution is 6.30. The number of carbonyl (C=O) groups excluding carboxylic acids is 1. The van der Waals surface area contributed by atoms with Gasteiger partial charge in [-0.1, -0.05) is 25.4 Å². The molecule has 0 radical (unpaired) electrons. The summed E-state index contributed by atoms with van der Waals surface area (Å²) in [5.74, 6) is 0.644. The molecule has 3 atom stereocenters. The van der Waals surface area contributed by atoms with Crippen LogP contribution in [0.5, 0.6) is 0 Å². The molecule has 14 heteroatoms. The average Bonchev–Trinajstić information content (AvgIpc) is 3.45. The Kier molecular flexibility index (Phi) is 9.12. The Hall–Kier alpha value is -3.48. The smallest absolute Gasteiger partial charge is 0.416 e. The number of nitrogens with zero attached hydrogens (tertiary/aromatic N) is 7. The number of alkyl halides is 3. The standard InChI is InChI=1S/C26H32ClF3N8O2/c1-5-20-10-22(11-21(6-2)38(20)25(39)40-15(3)4)37(14-16-7-18(26(28,29)30)9-19(27)8-16)24-31-12-17(13-32-24)23-33-35-36-34-23/h7-9,12-13,15,20-22H,5-6,10-11,14H2,1-4H3,(H,33,34,35,36)/t20-,21+,22+. The molecule has 3 heterocycles. The summed E-state index contributed by atoms with van der Waals surface area (Å²) >= 11 is 6.11. The van der Waals surface area contributed by atoms with Crippen molar-refractivity contribution in [1.82, 2.24) is 35.5 Å². The first-order valence-corrected chi connectivity index (χ1v) is 13.6. The number of nitrogens with one attached hydrogen (secondary N) is 1. The number of halogens is 4. The van der Waals surface area contributed by atoms with Crippen LogP contribution in [0.15, 0.2) is 30.6 Å². The topological polar surface area (TPSA) is 113 Å². The molecule has 1 aromatic carbocycles. The van der Waals surface area contributed by atoms with E-state index in [1.54, 1.807) is 12.4 Å². The van der Waals surface area contributed by atoms with Gasteiger partial charge >= 0.3 is 12.3 Å². The minimum Gasteiger partial charge on any atom is -0.447 e.